The highest BCUT2D eigenvalue weighted by Crippen LogP contribution is 2.33. The zero-order valence-corrected chi connectivity index (χ0v) is 10.4. The summed E-state index contributed by atoms with van der Waals surface area (Å²) >= 11 is 0. The van der Waals surface area contributed by atoms with E-state index < -0.39 is 5.60 Å². The van der Waals surface area contributed by atoms with Gasteiger partial charge in [-0.15, -0.1) is 0 Å². The van der Waals surface area contributed by atoms with Gasteiger partial charge in [-0.3, -0.25) is 0 Å². The lowest BCUT2D eigenvalue weighted by molar-refractivity contribution is -0.0178. The molecule has 0 saturated heterocycles. The maximum absolute atomic E-state index is 9.99. The zero-order chi connectivity index (χ0) is 12.3. The molecular weight excluding hydrogens is 212 g/mol. The number of rotatable bonds is 3. The van der Waals surface area contributed by atoms with Crippen molar-refractivity contribution in [1.82, 2.24) is 0 Å². The quantitative estimate of drug-likeness (QED) is 0.812. The molecule has 0 aromatic heterocycles. The third-order valence-electron chi connectivity index (χ3n) is 3.52. The lowest BCUT2D eigenvalue weighted by atomic mass is 9.81. The van der Waals surface area contributed by atoms with Crippen molar-refractivity contribution in [3.63, 3.8) is 0 Å². The molecule has 0 spiro atoms. The van der Waals surface area contributed by atoms with Crippen LogP contribution in [0.5, 0.6) is 0 Å². The average molecular weight is 232 g/mol. The van der Waals surface area contributed by atoms with E-state index in [-0.39, 0.29) is 6.10 Å². The van der Waals surface area contributed by atoms with Gasteiger partial charge in [0, 0.05) is 0 Å². The highest BCUT2D eigenvalue weighted by molar-refractivity contribution is 5.16. The van der Waals surface area contributed by atoms with Gasteiger partial charge in [-0.05, 0) is 37.3 Å². The Labute approximate surface area is 103 Å². The van der Waals surface area contributed by atoms with E-state index in [1.165, 1.54) is 5.56 Å². The molecule has 2 unspecified atom stereocenters. The predicted octanol–water partition coefficient (Wildman–Crippen LogP) is 3.06. The molecule has 0 heterocycles. The smallest absolute Gasteiger partial charge is 0.0828 e. The Bertz CT molecular complexity index is 381. The Balaban J connectivity index is 1.84. The topological polar surface area (TPSA) is 29.5 Å². The minimum absolute atomic E-state index is 0.197. The average Bonchev–Trinajstić information content (AvgIpc) is 2.32. The molecule has 1 aliphatic rings. The third-order valence-corrected chi connectivity index (χ3v) is 3.52. The van der Waals surface area contributed by atoms with Gasteiger partial charge in [-0.25, -0.2) is 0 Å². The molecule has 0 aliphatic heterocycles. The van der Waals surface area contributed by atoms with E-state index >= 15 is 0 Å². The van der Waals surface area contributed by atoms with Crippen molar-refractivity contribution in [2.75, 3.05) is 0 Å². The molecule has 2 heteroatoms. The molecular formula is C15H20O2. The van der Waals surface area contributed by atoms with E-state index in [0.29, 0.717) is 6.61 Å². The molecule has 0 bridgehead atoms. The highest BCUT2D eigenvalue weighted by Gasteiger charge is 2.32. The maximum atomic E-state index is 9.99. The van der Waals surface area contributed by atoms with Crippen molar-refractivity contribution in [1.29, 1.82) is 0 Å². The summed E-state index contributed by atoms with van der Waals surface area (Å²) in [6.45, 7) is 6.42. The van der Waals surface area contributed by atoms with Gasteiger partial charge in [-0.2, -0.15) is 0 Å². The second kappa shape index (κ2) is 5.03. The van der Waals surface area contributed by atoms with Crippen LogP contribution in [0.1, 0.15) is 31.7 Å². The van der Waals surface area contributed by atoms with Crippen LogP contribution in [0, 0.1) is 0 Å². The number of benzene rings is 1. The Morgan fingerprint density at radius 2 is 2.12 bits per heavy atom. The van der Waals surface area contributed by atoms with Crippen molar-refractivity contribution in [3.8, 4) is 0 Å². The molecule has 1 aliphatic carbocycles. The standard InChI is InChI=1S/C15H20O2/c1-12-10-14(8-9-15(12,2)16)17-11-13-6-4-3-5-7-13/h3-7,14,16H,1,8-11H2,2H3. The van der Waals surface area contributed by atoms with Crippen molar-refractivity contribution < 1.29 is 9.84 Å². The van der Waals surface area contributed by atoms with Crippen molar-refractivity contribution in [2.24, 2.45) is 0 Å². The highest BCUT2D eigenvalue weighted by atomic mass is 16.5. The lowest BCUT2D eigenvalue weighted by Crippen LogP contribution is -2.35. The molecule has 92 valence electrons. The molecule has 2 rings (SSSR count). The molecule has 1 N–H and O–H groups in total. The van der Waals surface area contributed by atoms with Crippen LogP contribution in [-0.4, -0.2) is 16.8 Å². The van der Waals surface area contributed by atoms with Crippen LogP contribution in [0.4, 0.5) is 0 Å². The van der Waals surface area contributed by atoms with Gasteiger partial charge in [0.05, 0.1) is 18.3 Å². The van der Waals surface area contributed by atoms with Gasteiger partial charge in [0.15, 0.2) is 0 Å². The maximum Gasteiger partial charge on any atom is 0.0828 e. The Morgan fingerprint density at radius 1 is 1.41 bits per heavy atom. The first kappa shape index (κ1) is 12.3. The molecule has 17 heavy (non-hydrogen) atoms. The van der Waals surface area contributed by atoms with Gasteiger partial charge in [0.2, 0.25) is 0 Å². The SMILES string of the molecule is C=C1CC(OCc2ccccc2)CCC1(C)O. The summed E-state index contributed by atoms with van der Waals surface area (Å²) in [5.74, 6) is 0. The first-order valence-corrected chi connectivity index (χ1v) is 6.14. The van der Waals surface area contributed by atoms with Crippen LogP contribution in [0.3, 0.4) is 0 Å². The second-order valence-corrected chi connectivity index (χ2v) is 5.04. The molecule has 1 aromatic carbocycles. The third kappa shape index (κ3) is 3.18. The van der Waals surface area contributed by atoms with Gasteiger partial charge >= 0.3 is 0 Å². The number of hydrogen-bond donors (Lipinski definition) is 1. The van der Waals surface area contributed by atoms with Crippen molar-refractivity contribution in [2.45, 2.75) is 44.5 Å². The first-order chi connectivity index (χ1) is 8.08. The van der Waals surface area contributed by atoms with Crippen LogP contribution in [0.15, 0.2) is 42.5 Å². The van der Waals surface area contributed by atoms with Crippen LogP contribution >= 0.6 is 0 Å². The summed E-state index contributed by atoms with van der Waals surface area (Å²) in [6.07, 6.45) is 2.60. The van der Waals surface area contributed by atoms with Crippen LogP contribution in [0.2, 0.25) is 0 Å². The zero-order valence-electron chi connectivity index (χ0n) is 10.4. The summed E-state index contributed by atoms with van der Waals surface area (Å²) in [6, 6.07) is 10.2. The Morgan fingerprint density at radius 3 is 2.76 bits per heavy atom. The second-order valence-electron chi connectivity index (χ2n) is 5.04. The van der Waals surface area contributed by atoms with E-state index in [2.05, 4.69) is 18.7 Å². The molecule has 0 amide bonds. The minimum Gasteiger partial charge on any atom is -0.386 e. The molecule has 0 radical (unpaired) electrons. The van der Waals surface area contributed by atoms with Crippen LogP contribution in [0.25, 0.3) is 0 Å². The van der Waals surface area contributed by atoms with Gasteiger partial charge in [-0.1, -0.05) is 36.9 Å². The van der Waals surface area contributed by atoms with E-state index in [1.807, 2.05) is 25.1 Å². The monoisotopic (exact) mass is 232 g/mol. The van der Waals surface area contributed by atoms with Gasteiger partial charge < -0.3 is 9.84 Å². The fourth-order valence-corrected chi connectivity index (χ4v) is 2.15. The number of ether oxygens (including phenoxy) is 1. The summed E-state index contributed by atoms with van der Waals surface area (Å²) < 4.78 is 5.86. The molecule has 2 atom stereocenters. The molecule has 1 saturated carbocycles. The van der Waals surface area contributed by atoms with E-state index in [0.717, 1.165) is 24.8 Å². The van der Waals surface area contributed by atoms with E-state index in [9.17, 15) is 5.11 Å². The lowest BCUT2D eigenvalue weighted by Gasteiger charge is -2.35. The molecule has 2 nitrogen and oxygen atoms in total. The Hall–Kier alpha value is -1.12. The van der Waals surface area contributed by atoms with Crippen molar-refractivity contribution >= 4 is 0 Å². The normalized spacial score (nSPS) is 29.3. The minimum atomic E-state index is -0.702. The molecule has 1 aromatic rings. The number of hydrogen-bond acceptors (Lipinski definition) is 2. The summed E-state index contributed by atoms with van der Waals surface area (Å²) in [5, 5.41) is 9.99. The molecule has 1 fully saturated rings. The van der Waals surface area contributed by atoms with E-state index in [4.69, 9.17) is 4.74 Å². The summed E-state index contributed by atoms with van der Waals surface area (Å²) in [4.78, 5) is 0. The van der Waals surface area contributed by atoms with Crippen molar-refractivity contribution in [3.05, 3.63) is 48.0 Å². The fourth-order valence-electron chi connectivity index (χ4n) is 2.15. The summed E-state index contributed by atoms with van der Waals surface area (Å²) in [7, 11) is 0. The Kier molecular flexibility index (Phi) is 3.65. The fraction of sp³-hybridized carbons (Fsp3) is 0.467. The summed E-state index contributed by atoms with van der Waals surface area (Å²) in [5.41, 5.74) is 1.38. The number of aliphatic hydroxyl groups is 1. The van der Waals surface area contributed by atoms with Crippen LogP contribution in [-0.2, 0) is 11.3 Å². The van der Waals surface area contributed by atoms with Gasteiger partial charge in [0.25, 0.3) is 0 Å². The van der Waals surface area contributed by atoms with Gasteiger partial charge in [0.1, 0.15) is 0 Å². The largest absolute Gasteiger partial charge is 0.386 e. The predicted molar refractivity (Wildman–Crippen MR) is 68.6 cm³/mol. The first-order valence-electron chi connectivity index (χ1n) is 6.14. The van der Waals surface area contributed by atoms with Crippen LogP contribution < -0.4 is 0 Å². The van der Waals surface area contributed by atoms with E-state index in [1.54, 1.807) is 0 Å².